The maximum atomic E-state index is 4.85. The molecule has 0 radical (unpaired) electrons. The van der Waals surface area contributed by atoms with Crippen LogP contribution in [0.1, 0.15) is 110 Å². The largest absolute Gasteiger partial charge is 0.372 e. The molecular formula is C48H57N3S4. The van der Waals surface area contributed by atoms with Gasteiger partial charge in [-0.3, -0.25) is 0 Å². The van der Waals surface area contributed by atoms with Gasteiger partial charge in [0, 0.05) is 58.8 Å². The molecule has 0 aliphatic heterocycles. The fourth-order valence-electron chi connectivity index (χ4n) is 7.76. The highest BCUT2D eigenvalue weighted by Crippen LogP contribution is 2.45. The molecule has 4 aromatic heterocycles. The fourth-order valence-corrected chi connectivity index (χ4v) is 11.8. The van der Waals surface area contributed by atoms with Crippen LogP contribution in [0.2, 0.25) is 0 Å². The molecule has 1 atom stereocenters. The third-order valence-electron chi connectivity index (χ3n) is 11.1. The van der Waals surface area contributed by atoms with Crippen LogP contribution in [0.5, 0.6) is 0 Å². The lowest BCUT2D eigenvalue weighted by Gasteiger charge is -2.25. The first-order valence-electron chi connectivity index (χ1n) is 20.9. The normalized spacial score (nSPS) is 12.3. The van der Waals surface area contributed by atoms with E-state index >= 15 is 0 Å². The lowest BCUT2D eigenvalue weighted by atomic mass is 9.91. The minimum Gasteiger partial charge on any atom is -0.372 e. The molecule has 1 unspecified atom stereocenters. The van der Waals surface area contributed by atoms with E-state index < -0.39 is 0 Å². The number of hydrogen-bond donors (Lipinski definition) is 0. The second-order valence-corrected chi connectivity index (χ2v) is 19.0. The van der Waals surface area contributed by atoms with Crippen molar-refractivity contribution in [3.8, 4) is 41.8 Å². The van der Waals surface area contributed by atoms with Crippen LogP contribution in [-0.4, -0.2) is 21.8 Å². The van der Waals surface area contributed by atoms with E-state index in [1.807, 2.05) is 34.0 Å². The quantitative estimate of drug-likeness (QED) is 0.0678. The van der Waals surface area contributed by atoms with Crippen molar-refractivity contribution in [2.75, 3.05) is 18.0 Å². The molecule has 0 bridgehead atoms. The van der Waals surface area contributed by atoms with E-state index in [1.165, 1.54) is 158 Å². The summed E-state index contributed by atoms with van der Waals surface area (Å²) in [5.41, 5.74) is 9.79. The maximum absolute atomic E-state index is 4.85. The van der Waals surface area contributed by atoms with E-state index in [4.69, 9.17) is 8.75 Å². The van der Waals surface area contributed by atoms with Crippen LogP contribution in [0.3, 0.4) is 0 Å². The van der Waals surface area contributed by atoms with Gasteiger partial charge in [0.05, 0.1) is 11.7 Å². The van der Waals surface area contributed by atoms with E-state index in [9.17, 15) is 0 Å². The van der Waals surface area contributed by atoms with Gasteiger partial charge in [-0.2, -0.15) is 8.75 Å². The van der Waals surface area contributed by atoms with Gasteiger partial charge in [-0.1, -0.05) is 140 Å². The highest BCUT2D eigenvalue weighted by Gasteiger charge is 2.18. The highest BCUT2D eigenvalue weighted by molar-refractivity contribution is 7.31. The number of hydrogen-bond acceptors (Lipinski definition) is 7. The number of rotatable bonds is 21. The summed E-state index contributed by atoms with van der Waals surface area (Å²) in [5, 5.41) is 0. The van der Waals surface area contributed by atoms with Crippen molar-refractivity contribution in [1.29, 1.82) is 0 Å². The topological polar surface area (TPSA) is 29.0 Å². The Labute approximate surface area is 345 Å². The van der Waals surface area contributed by atoms with Gasteiger partial charge in [0.15, 0.2) is 0 Å². The second kappa shape index (κ2) is 19.7. The second-order valence-electron chi connectivity index (χ2n) is 15.2. The molecule has 7 rings (SSSR count). The Hall–Kier alpha value is -3.36. The highest BCUT2D eigenvalue weighted by atomic mass is 32.1. The molecule has 3 nitrogen and oxygen atoms in total. The SMILES string of the molecule is CCCCCCN(CCCCCC)c1ccc(-c2ccc(-c3ccc(-c4cc5sc(-c6ccc(CC(CC)CCCC)cc6)cc5s4)c4nsnc34)s2)cc1. The fraction of sp³-hybridized carbons (Fsp3) is 0.417. The first-order chi connectivity index (χ1) is 27.1. The summed E-state index contributed by atoms with van der Waals surface area (Å²) in [4.78, 5) is 7.76. The summed E-state index contributed by atoms with van der Waals surface area (Å²) in [6, 6.07) is 32.5. The van der Waals surface area contributed by atoms with Crippen molar-refractivity contribution in [2.24, 2.45) is 5.92 Å². The molecule has 288 valence electrons. The van der Waals surface area contributed by atoms with Gasteiger partial charge in [0.1, 0.15) is 11.0 Å². The average molecular weight is 804 g/mol. The predicted octanol–water partition coefficient (Wildman–Crippen LogP) is 16.4. The van der Waals surface area contributed by atoms with Gasteiger partial charge in [0.25, 0.3) is 0 Å². The van der Waals surface area contributed by atoms with Crippen LogP contribution >= 0.6 is 45.7 Å². The summed E-state index contributed by atoms with van der Waals surface area (Å²) in [6.45, 7) is 11.5. The summed E-state index contributed by atoms with van der Waals surface area (Å²) >= 11 is 6.94. The molecule has 0 aliphatic carbocycles. The Morgan fingerprint density at radius 1 is 0.527 bits per heavy atom. The number of anilines is 1. The van der Waals surface area contributed by atoms with E-state index in [-0.39, 0.29) is 0 Å². The standard InChI is InChI=1S/C48H57N3S4/c1-5-9-12-14-29-51(30-15-13-10-6-2)38-23-21-36(22-24-38)41-27-28-42(52-41)39-25-26-40(48-47(39)49-55-50-48)44-33-46-45(54-44)32-43(53-46)37-19-17-35(18-20-37)31-34(8-4)16-11-7-3/h17-28,32-34H,5-16,29-31H2,1-4H3. The number of benzene rings is 3. The molecule has 0 amide bonds. The number of thiophene rings is 3. The number of unbranched alkanes of at least 4 members (excludes halogenated alkanes) is 7. The van der Waals surface area contributed by atoms with E-state index in [2.05, 4.69) is 118 Å². The summed E-state index contributed by atoms with van der Waals surface area (Å²) < 4.78 is 12.4. The molecule has 0 N–H and O–H groups in total. The van der Waals surface area contributed by atoms with E-state index in [0.717, 1.165) is 30.0 Å². The van der Waals surface area contributed by atoms with E-state index in [0.29, 0.717) is 0 Å². The van der Waals surface area contributed by atoms with Crippen molar-refractivity contribution in [2.45, 2.75) is 111 Å². The van der Waals surface area contributed by atoms with Crippen LogP contribution in [0, 0.1) is 5.92 Å². The molecule has 0 fully saturated rings. The average Bonchev–Trinajstić information content (AvgIpc) is 4.04. The minimum absolute atomic E-state index is 0.793. The molecule has 0 spiro atoms. The minimum atomic E-state index is 0.793. The van der Waals surface area contributed by atoms with Gasteiger partial charge in [-0.25, -0.2) is 0 Å². The Morgan fingerprint density at radius 3 is 1.73 bits per heavy atom. The Morgan fingerprint density at radius 2 is 1.09 bits per heavy atom. The third kappa shape index (κ3) is 9.79. The van der Waals surface area contributed by atoms with Crippen LogP contribution in [0.15, 0.2) is 84.9 Å². The molecular weight excluding hydrogens is 747 g/mol. The van der Waals surface area contributed by atoms with Crippen molar-refractivity contribution in [3.63, 3.8) is 0 Å². The molecule has 0 saturated heterocycles. The number of fused-ring (bicyclic) bond motifs is 2. The maximum Gasteiger partial charge on any atom is 0.114 e. The van der Waals surface area contributed by atoms with Crippen molar-refractivity contribution < 1.29 is 0 Å². The zero-order valence-electron chi connectivity index (χ0n) is 33.2. The van der Waals surface area contributed by atoms with Gasteiger partial charge >= 0.3 is 0 Å². The van der Waals surface area contributed by atoms with Gasteiger partial charge in [-0.15, -0.1) is 34.0 Å². The molecule has 3 aromatic carbocycles. The van der Waals surface area contributed by atoms with Crippen LogP contribution in [0.25, 0.3) is 62.2 Å². The van der Waals surface area contributed by atoms with Crippen molar-refractivity contribution in [1.82, 2.24) is 8.75 Å². The smallest absolute Gasteiger partial charge is 0.114 e. The molecule has 7 heteroatoms. The number of aromatic nitrogens is 2. The van der Waals surface area contributed by atoms with Crippen molar-refractivity contribution in [3.05, 3.63) is 90.5 Å². The van der Waals surface area contributed by atoms with Crippen LogP contribution < -0.4 is 4.90 Å². The lowest BCUT2D eigenvalue weighted by Crippen LogP contribution is -2.25. The first kappa shape index (κ1) is 39.9. The molecule has 55 heavy (non-hydrogen) atoms. The van der Waals surface area contributed by atoms with Crippen LogP contribution in [-0.2, 0) is 6.42 Å². The van der Waals surface area contributed by atoms with Gasteiger partial charge in [0.2, 0.25) is 0 Å². The Bertz CT molecular complexity index is 2180. The zero-order valence-corrected chi connectivity index (χ0v) is 36.5. The summed E-state index contributed by atoms with van der Waals surface area (Å²) in [5.74, 6) is 0.793. The lowest BCUT2D eigenvalue weighted by molar-refractivity contribution is 0.449. The third-order valence-corrected chi connectivity index (χ3v) is 15.2. The van der Waals surface area contributed by atoms with Crippen LogP contribution in [0.4, 0.5) is 5.69 Å². The number of nitrogens with zero attached hydrogens (tertiary/aromatic N) is 3. The van der Waals surface area contributed by atoms with Crippen molar-refractivity contribution >= 4 is 71.9 Å². The van der Waals surface area contributed by atoms with E-state index in [1.54, 1.807) is 0 Å². The molecule has 0 saturated carbocycles. The summed E-state index contributed by atoms with van der Waals surface area (Å²) in [6.07, 6.45) is 16.8. The monoisotopic (exact) mass is 803 g/mol. The Balaban J connectivity index is 1.05. The first-order valence-corrected chi connectivity index (χ1v) is 24.1. The molecule has 7 aromatic rings. The Kier molecular flexibility index (Phi) is 14.3. The zero-order chi connectivity index (χ0) is 38.0. The van der Waals surface area contributed by atoms with Gasteiger partial charge < -0.3 is 4.90 Å². The molecule has 4 heterocycles. The summed E-state index contributed by atoms with van der Waals surface area (Å²) in [7, 11) is 0. The predicted molar refractivity (Wildman–Crippen MR) is 248 cm³/mol. The van der Waals surface area contributed by atoms with Gasteiger partial charge in [-0.05, 0) is 78.3 Å². The molecule has 0 aliphatic rings.